The van der Waals surface area contributed by atoms with E-state index in [1.165, 1.54) is 6.20 Å². The van der Waals surface area contributed by atoms with Crippen molar-refractivity contribution in [3.63, 3.8) is 0 Å². The number of nitriles is 1. The highest BCUT2D eigenvalue weighted by Gasteiger charge is 2.11. The number of piperazine rings is 1. The van der Waals surface area contributed by atoms with Gasteiger partial charge in [-0.15, -0.1) is 0 Å². The number of rotatable bonds is 8. The Kier molecular flexibility index (Phi) is 7.63. The van der Waals surface area contributed by atoms with Crippen LogP contribution in [-0.4, -0.2) is 50.1 Å². The Balaban J connectivity index is 1.47. The molecule has 0 atom stereocenters. The monoisotopic (exact) mass is 391 g/mol. The number of carbonyl (C=O) groups excluding carboxylic acids is 1. The number of amides is 1. The first-order valence-corrected chi connectivity index (χ1v) is 9.65. The molecule has 2 aromatic rings. The van der Waals surface area contributed by atoms with Gasteiger partial charge in [0.15, 0.2) is 0 Å². The highest BCUT2D eigenvalue weighted by molar-refractivity contribution is 5.97. The van der Waals surface area contributed by atoms with E-state index in [4.69, 9.17) is 4.74 Å². The van der Waals surface area contributed by atoms with Crippen molar-refractivity contribution in [2.45, 2.75) is 0 Å². The molecule has 1 aliphatic heterocycles. The molecule has 1 fully saturated rings. The summed E-state index contributed by atoms with van der Waals surface area (Å²) in [6.45, 7) is 5.18. The Morgan fingerprint density at radius 1 is 1.10 bits per heavy atom. The standard InChI is InChI=1S/C22H25N5O2/c23-16-18(22(28)25-12-15-27-13-10-24-11-14-27)17-26-19-6-8-21(9-7-19)29-20-4-2-1-3-5-20/h1-9,17,24,26H,10-15H2,(H,25,28)/b18-17-. The Morgan fingerprint density at radius 3 is 2.48 bits per heavy atom. The van der Waals surface area contributed by atoms with Crippen molar-refractivity contribution in [3.05, 3.63) is 66.4 Å². The second-order valence-corrected chi connectivity index (χ2v) is 6.60. The lowest BCUT2D eigenvalue weighted by Crippen LogP contribution is -2.46. The predicted octanol–water partition coefficient (Wildman–Crippen LogP) is 2.32. The number of para-hydroxylation sites is 1. The first-order valence-electron chi connectivity index (χ1n) is 9.65. The summed E-state index contributed by atoms with van der Waals surface area (Å²) in [5.74, 6) is 1.09. The number of hydrogen-bond donors (Lipinski definition) is 3. The fourth-order valence-electron chi connectivity index (χ4n) is 2.91. The molecule has 3 rings (SSSR count). The van der Waals surface area contributed by atoms with Crippen LogP contribution in [0.25, 0.3) is 0 Å². The van der Waals surface area contributed by atoms with Gasteiger partial charge in [-0.3, -0.25) is 9.69 Å². The summed E-state index contributed by atoms with van der Waals surface area (Å²) in [5.41, 5.74) is 0.793. The molecule has 1 amide bonds. The maximum atomic E-state index is 12.2. The molecule has 0 aromatic heterocycles. The van der Waals surface area contributed by atoms with E-state index in [0.717, 1.165) is 44.2 Å². The van der Waals surface area contributed by atoms with Gasteiger partial charge in [0, 0.05) is 51.2 Å². The number of hydrogen-bond acceptors (Lipinski definition) is 6. The highest BCUT2D eigenvalue weighted by Crippen LogP contribution is 2.22. The average molecular weight is 391 g/mol. The lowest BCUT2D eigenvalue weighted by atomic mass is 10.2. The molecule has 1 aliphatic rings. The lowest BCUT2D eigenvalue weighted by molar-refractivity contribution is -0.117. The summed E-state index contributed by atoms with van der Waals surface area (Å²) in [6.07, 6.45) is 1.42. The summed E-state index contributed by atoms with van der Waals surface area (Å²) in [4.78, 5) is 14.5. The molecular weight excluding hydrogens is 366 g/mol. The van der Waals surface area contributed by atoms with Crippen molar-refractivity contribution in [2.75, 3.05) is 44.6 Å². The number of benzene rings is 2. The van der Waals surface area contributed by atoms with Crippen LogP contribution < -0.4 is 20.7 Å². The number of ether oxygens (including phenoxy) is 1. The maximum absolute atomic E-state index is 12.2. The molecule has 3 N–H and O–H groups in total. The van der Waals surface area contributed by atoms with Crippen LogP contribution in [0, 0.1) is 11.3 Å². The normalized spacial score (nSPS) is 14.7. The van der Waals surface area contributed by atoms with Gasteiger partial charge in [0.25, 0.3) is 5.91 Å². The van der Waals surface area contributed by atoms with E-state index < -0.39 is 0 Å². The van der Waals surface area contributed by atoms with E-state index in [0.29, 0.717) is 12.3 Å². The van der Waals surface area contributed by atoms with Gasteiger partial charge in [-0.05, 0) is 36.4 Å². The van der Waals surface area contributed by atoms with E-state index in [2.05, 4.69) is 20.9 Å². The summed E-state index contributed by atoms with van der Waals surface area (Å²) in [6, 6.07) is 18.8. The zero-order valence-corrected chi connectivity index (χ0v) is 16.2. The molecule has 0 unspecified atom stereocenters. The third kappa shape index (κ3) is 6.64. The van der Waals surface area contributed by atoms with Gasteiger partial charge in [-0.2, -0.15) is 5.26 Å². The minimum Gasteiger partial charge on any atom is -0.457 e. The van der Waals surface area contributed by atoms with Gasteiger partial charge in [0.2, 0.25) is 0 Å². The molecule has 7 heteroatoms. The summed E-state index contributed by atoms with van der Waals surface area (Å²) >= 11 is 0. The van der Waals surface area contributed by atoms with Crippen LogP contribution in [0.2, 0.25) is 0 Å². The van der Waals surface area contributed by atoms with Crippen LogP contribution in [0.15, 0.2) is 66.4 Å². The second-order valence-electron chi connectivity index (χ2n) is 6.60. The Bertz CT molecular complexity index is 853. The predicted molar refractivity (Wildman–Crippen MR) is 113 cm³/mol. The maximum Gasteiger partial charge on any atom is 0.263 e. The van der Waals surface area contributed by atoms with E-state index >= 15 is 0 Å². The number of anilines is 1. The molecule has 0 saturated carbocycles. The van der Waals surface area contributed by atoms with Crippen molar-refractivity contribution in [2.24, 2.45) is 0 Å². The molecule has 2 aromatic carbocycles. The summed E-state index contributed by atoms with van der Waals surface area (Å²) in [7, 11) is 0. The van der Waals surface area contributed by atoms with Gasteiger partial charge in [0.1, 0.15) is 23.1 Å². The number of nitrogens with zero attached hydrogens (tertiary/aromatic N) is 2. The topological polar surface area (TPSA) is 89.4 Å². The molecule has 29 heavy (non-hydrogen) atoms. The van der Waals surface area contributed by atoms with Crippen LogP contribution in [0.5, 0.6) is 11.5 Å². The molecular formula is C22H25N5O2. The molecule has 150 valence electrons. The van der Waals surface area contributed by atoms with E-state index in [-0.39, 0.29) is 11.5 Å². The minimum atomic E-state index is -0.376. The molecule has 0 bridgehead atoms. The van der Waals surface area contributed by atoms with Gasteiger partial charge in [0.05, 0.1) is 0 Å². The van der Waals surface area contributed by atoms with E-state index in [9.17, 15) is 10.1 Å². The molecule has 1 heterocycles. The van der Waals surface area contributed by atoms with Crippen molar-refractivity contribution < 1.29 is 9.53 Å². The van der Waals surface area contributed by atoms with Crippen LogP contribution in [-0.2, 0) is 4.79 Å². The molecule has 7 nitrogen and oxygen atoms in total. The molecule has 0 radical (unpaired) electrons. The lowest BCUT2D eigenvalue weighted by Gasteiger charge is -2.27. The average Bonchev–Trinajstić information content (AvgIpc) is 2.77. The molecule has 0 aliphatic carbocycles. The van der Waals surface area contributed by atoms with Crippen LogP contribution in [0.4, 0.5) is 5.69 Å². The number of nitrogens with one attached hydrogen (secondary N) is 3. The Labute approximate surface area is 171 Å². The van der Waals surface area contributed by atoms with Gasteiger partial charge < -0.3 is 20.7 Å². The molecule has 1 saturated heterocycles. The van der Waals surface area contributed by atoms with Crippen molar-refractivity contribution in [1.82, 2.24) is 15.5 Å². The summed E-state index contributed by atoms with van der Waals surface area (Å²) in [5, 5.41) is 18.4. The quantitative estimate of drug-likeness (QED) is 0.473. The zero-order valence-electron chi connectivity index (χ0n) is 16.2. The third-order valence-corrected chi connectivity index (χ3v) is 4.50. The van der Waals surface area contributed by atoms with E-state index in [1.54, 1.807) is 0 Å². The fraction of sp³-hybridized carbons (Fsp3) is 0.273. The van der Waals surface area contributed by atoms with E-state index in [1.807, 2.05) is 60.7 Å². The van der Waals surface area contributed by atoms with Crippen molar-refractivity contribution >= 4 is 11.6 Å². The van der Waals surface area contributed by atoms with Gasteiger partial charge in [-0.25, -0.2) is 0 Å². The van der Waals surface area contributed by atoms with Crippen molar-refractivity contribution in [1.29, 1.82) is 5.26 Å². The highest BCUT2D eigenvalue weighted by atomic mass is 16.5. The summed E-state index contributed by atoms with van der Waals surface area (Å²) < 4.78 is 5.75. The first kappa shape index (κ1) is 20.4. The Hall–Kier alpha value is -3.34. The van der Waals surface area contributed by atoms with Crippen molar-refractivity contribution in [3.8, 4) is 17.6 Å². The first-order chi connectivity index (χ1) is 14.2. The molecule has 0 spiro atoms. The van der Waals surface area contributed by atoms with Gasteiger partial charge in [-0.1, -0.05) is 18.2 Å². The van der Waals surface area contributed by atoms with Gasteiger partial charge >= 0.3 is 0 Å². The van der Waals surface area contributed by atoms with Crippen LogP contribution in [0.1, 0.15) is 0 Å². The largest absolute Gasteiger partial charge is 0.457 e. The van der Waals surface area contributed by atoms with Crippen LogP contribution in [0.3, 0.4) is 0 Å². The fourth-order valence-corrected chi connectivity index (χ4v) is 2.91. The Morgan fingerprint density at radius 2 is 1.79 bits per heavy atom. The second kappa shape index (κ2) is 10.9. The minimum absolute atomic E-state index is 0.0370. The van der Waals surface area contributed by atoms with Crippen LogP contribution >= 0.6 is 0 Å². The SMILES string of the molecule is N#C/C(=C/Nc1ccc(Oc2ccccc2)cc1)C(=O)NCCN1CCNCC1. The zero-order chi connectivity index (χ0) is 20.3. The number of carbonyl (C=O) groups is 1. The smallest absolute Gasteiger partial charge is 0.263 e. The third-order valence-electron chi connectivity index (χ3n) is 4.50.